The molecule has 2 heterocycles. The SMILES string of the molecule is CC(C)c1ccc2c(-c3[c-]cccc3)nc(-c3cccc4c3nc(-c3ccccc3O)n4-c3c(C(C)C)cccc3C(C)C)cc2c1.[Pt]. The number of phenolic OH excluding ortho intramolecular Hbond substituents is 1. The predicted molar refractivity (Wildman–Crippen MR) is 195 cm³/mol. The normalized spacial score (nSPS) is 11.6. The van der Waals surface area contributed by atoms with Crippen molar-refractivity contribution < 1.29 is 26.2 Å². The number of nitrogens with zero attached hydrogens (tertiary/aromatic N) is 3. The molecule has 2 aromatic heterocycles. The standard InChI is InChI=1S/C43H40N3O.Pt/c1-26(2)30-22-23-34-31(24-30)25-37(44-40(34)29-14-8-7-9-15-29)35-19-13-20-38-41(35)45-43(36-16-10-11-21-39(36)47)46(38)42-32(27(3)4)17-12-18-33(42)28(5)6;/h7-14,16-28,47H,1-6H3;/q-1;. The van der Waals surface area contributed by atoms with E-state index in [2.05, 4.69) is 119 Å². The first-order chi connectivity index (χ1) is 22.7. The molecule has 0 saturated heterocycles. The minimum Gasteiger partial charge on any atom is -0.507 e. The Labute approximate surface area is 297 Å². The van der Waals surface area contributed by atoms with E-state index in [1.807, 2.05) is 36.4 Å². The number of phenols is 1. The van der Waals surface area contributed by atoms with Gasteiger partial charge in [-0.25, -0.2) is 4.98 Å². The van der Waals surface area contributed by atoms with Crippen LogP contribution in [0.4, 0.5) is 0 Å². The van der Waals surface area contributed by atoms with Crippen LogP contribution in [-0.2, 0) is 21.1 Å². The third-order valence-electron chi connectivity index (χ3n) is 9.16. The quantitative estimate of drug-likeness (QED) is 0.163. The second-order valence-corrected chi connectivity index (χ2v) is 13.3. The zero-order chi connectivity index (χ0) is 32.8. The van der Waals surface area contributed by atoms with Gasteiger partial charge in [0.1, 0.15) is 11.6 Å². The molecule has 0 aliphatic carbocycles. The molecule has 0 amide bonds. The van der Waals surface area contributed by atoms with Gasteiger partial charge in [-0.3, -0.25) is 9.55 Å². The van der Waals surface area contributed by atoms with Gasteiger partial charge in [0.05, 0.1) is 28.0 Å². The number of hydrogen-bond donors (Lipinski definition) is 1. The summed E-state index contributed by atoms with van der Waals surface area (Å²) in [4.78, 5) is 10.7. The summed E-state index contributed by atoms with van der Waals surface area (Å²) in [7, 11) is 0. The van der Waals surface area contributed by atoms with E-state index in [0.717, 1.165) is 50.0 Å². The summed E-state index contributed by atoms with van der Waals surface area (Å²) in [5.74, 6) is 1.87. The van der Waals surface area contributed by atoms with Crippen molar-refractivity contribution >= 4 is 21.8 Å². The number of para-hydroxylation sites is 3. The molecule has 4 nitrogen and oxygen atoms in total. The second-order valence-electron chi connectivity index (χ2n) is 13.3. The van der Waals surface area contributed by atoms with Gasteiger partial charge in [0.25, 0.3) is 0 Å². The molecule has 0 atom stereocenters. The molecule has 0 radical (unpaired) electrons. The number of rotatable bonds is 7. The van der Waals surface area contributed by atoms with Gasteiger partial charge in [-0.1, -0.05) is 102 Å². The van der Waals surface area contributed by atoms with Crippen LogP contribution in [0.5, 0.6) is 5.75 Å². The minimum atomic E-state index is 0. The Kier molecular flexibility index (Phi) is 9.41. The van der Waals surface area contributed by atoms with Gasteiger partial charge in [-0.2, -0.15) is 0 Å². The molecule has 48 heavy (non-hydrogen) atoms. The Morgan fingerprint density at radius 2 is 1.35 bits per heavy atom. The molecule has 0 unspecified atom stereocenters. The second kappa shape index (κ2) is 13.5. The van der Waals surface area contributed by atoms with Gasteiger partial charge in [0, 0.05) is 26.6 Å². The van der Waals surface area contributed by atoms with Crippen LogP contribution in [0.1, 0.15) is 76.0 Å². The Hall–Kier alpha value is -4.53. The summed E-state index contributed by atoms with van der Waals surface area (Å²) in [5.41, 5.74) is 11.1. The van der Waals surface area contributed by atoms with Gasteiger partial charge in [-0.05, 0) is 75.2 Å². The molecule has 5 aromatic carbocycles. The minimum absolute atomic E-state index is 0. The number of aromatic nitrogens is 3. The van der Waals surface area contributed by atoms with Gasteiger partial charge in [-0.15, -0.1) is 35.9 Å². The maximum atomic E-state index is 11.2. The summed E-state index contributed by atoms with van der Waals surface area (Å²) in [5, 5.41) is 13.4. The van der Waals surface area contributed by atoms with E-state index in [0.29, 0.717) is 17.3 Å². The third-order valence-corrected chi connectivity index (χ3v) is 9.16. The summed E-state index contributed by atoms with van der Waals surface area (Å²) < 4.78 is 2.27. The fraction of sp³-hybridized carbons (Fsp3) is 0.209. The first-order valence-electron chi connectivity index (χ1n) is 16.6. The van der Waals surface area contributed by atoms with Crippen molar-refractivity contribution in [3.8, 4) is 45.3 Å². The fourth-order valence-electron chi connectivity index (χ4n) is 6.67. The van der Waals surface area contributed by atoms with E-state index in [1.165, 1.54) is 16.7 Å². The molecule has 0 spiro atoms. The third kappa shape index (κ3) is 5.88. The predicted octanol–water partition coefficient (Wildman–Crippen LogP) is 11.4. The maximum Gasteiger partial charge on any atom is 0.149 e. The number of hydrogen-bond acceptors (Lipinski definition) is 3. The van der Waals surface area contributed by atoms with Crippen LogP contribution >= 0.6 is 0 Å². The van der Waals surface area contributed by atoms with Crippen LogP contribution < -0.4 is 0 Å². The first kappa shape index (κ1) is 33.4. The van der Waals surface area contributed by atoms with Crippen molar-refractivity contribution in [3.63, 3.8) is 0 Å². The molecule has 244 valence electrons. The van der Waals surface area contributed by atoms with Crippen molar-refractivity contribution in [2.24, 2.45) is 0 Å². The van der Waals surface area contributed by atoms with E-state index in [4.69, 9.17) is 9.97 Å². The molecule has 7 aromatic rings. The average Bonchev–Trinajstić information content (AvgIpc) is 3.46. The van der Waals surface area contributed by atoms with Gasteiger partial charge >= 0.3 is 0 Å². The van der Waals surface area contributed by atoms with Crippen LogP contribution in [0, 0.1) is 6.07 Å². The van der Waals surface area contributed by atoms with Crippen molar-refractivity contribution in [2.45, 2.75) is 59.3 Å². The first-order valence-corrected chi connectivity index (χ1v) is 16.6. The zero-order valence-corrected chi connectivity index (χ0v) is 30.5. The Morgan fingerprint density at radius 1 is 0.667 bits per heavy atom. The molecule has 7 rings (SSSR count). The molecule has 0 aliphatic rings. The molecule has 0 aliphatic heterocycles. The van der Waals surface area contributed by atoms with Gasteiger partial charge in [0.2, 0.25) is 0 Å². The number of benzene rings is 5. The van der Waals surface area contributed by atoms with E-state index in [9.17, 15) is 5.11 Å². The number of imidazole rings is 1. The van der Waals surface area contributed by atoms with Gasteiger partial charge in [0.15, 0.2) is 0 Å². The molecule has 0 bridgehead atoms. The Balaban J connectivity index is 0.00000401. The number of pyridine rings is 1. The van der Waals surface area contributed by atoms with Crippen LogP contribution in [0.15, 0.2) is 109 Å². The van der Waals surface area contributed by atoms with Crippen molar-refractivity contribution in [3.05, 3.63) is 132 Å². The summed E-state index contributed by atoms with van der Waals surface area (Å²) in [6, 6.07) is 40.8. The van der Waals surface area contributed by atoms with E-state index >= 15 is 0 Å². The largest absolute Gasteiger partial charge is 0.507 e. The Bertz CT molecular complexity index is 2220. The maximum absolute atomic E-state index is 11.2. The van der Waals surface area contributed by atoms with Crippen LogP contribution in [0.2, 0.25) is 0 Å². The number of fused-ring (bicyclic) bond motifs is 2. The molecule has 0 fully saturated rings. The molecule has 1 N–H and O–H groups in total. The van der Waals surface area contributed by atoms with E-state index < -0.39 is 0 Å². The van der Waals surface area contributed by atoms with Crippen LogP contribution in [0.3, 0.4) is 0 Å². The molecular weight excluding hydrogens is 770 g/mol. The summed E-state index contributed by atoms with van der Waals surface area (Å²) in [6.07, 6.45) is 0. The molecular formula is C43H40N3OPt-. The topological polar surface area (TPSA) is 50.9 Å². The van der Waals surface area contributed by atoms with Gasteiger partial charge < -0.3 is 5.11 Å². The van der Waals surface area contributed by atoms with Crippen molar-refractivity contribution in [1.82, 2.24) is 14.5 Å². The van der Waals surface area contributed by atoms with Crippen molar-refractivity contribution in [1.29, 1.82) is 0 Å². The van der Waals surface area contributed by atoms with Crippen molar-refractivity contribution in [2.75, 3.05) is 0 Å². The smallest absolute Gasteiger partial charge is 0.149 e. The molecule has 0 saturated carbocycles. The average molecular weight is 810 g/mol. The summed E-state index contributed by atoms with van der Waals surface area (Å²) >= 11 is 0. The molecule has 5 heteroatoms. The number of aromatic hydroxyl groups is 1. The monoisotopic (exact) mass is 809 g/mol. The van der Waals surface area contributed by atoms with Crippen LogP contribution in [0.25, 0.3) is 61.4 Å². The fourth-order valence-corrected chi connectivity index (χ4v) is 6.67. The summed E-state index contributed by atoms with van der Waals surface area (Å²) in [6.45, 7) is 13.4. The van der Waals surface area contributed by atoms with E-state index in [-0.39, 0.29) is 38.7 Å². The zero-order valence-electron chi connectivity index (χ0n) is 28.2. The Morgan fingerprint density at radius 3 is 2.02 bits per heavy atom. The van der Waals surface area contributed by atoms with Crippen LogP contribution in [-0.4, -0.2) is 19.6 Å². The van der Waals surface area contributed by atoms with E-state index in [1.54, 1.807) is 6.07 Å².